The Morgan fingerprint density at radius 1 is 1.58 bits per heavy atom. The molecule has 2 heterocycles. The number of hydrogen-bond donors (Lipinski definition) is 1. The van der Waals surface area contributed by atoms with Crippen molar-refractivity contribution in [1.82, 2.24) is 9.96 Å². The van der Waals surface area contributed by atoms with E-state index in [1.165, 1.54) is 0 Å². The van der Waals surface area contributed by atoms with Crippen LogP contribution in [0.3, 0.4) is 0 Å². The number of piperidine rings is 1. The first-order valence-electron chi connectivity index (χ1n) is 4.15. The van der Waals surface area contributed by atoms with Crippen molar-refractivity contribution in [2.45, 2.75) is 24.9 Å². The summed E-state index contributed by atoms with van der Waals surface area (Å²) in [6, 6.07) is -0.151. The van der Waals surface area contributed by atoms with E-state index in [0.29, 0.717) is 6.54 Å². The Bertz CT molecular complexity index is 229. The molecule has 2 aliphatic rings. The van der Waals surface area contributed by atoms with Gasteiger partial charge in [0.25, 0.3) is 0 Å². The fourth-order valence-corrected chi connectivity index (χ4v) is 1.93. The van der Waals surface area contributed by atoms with E-state index in [4.69, 9.17) is 0 Å². The Balaban J connectivity index is 2.22. The van der Waals surface area contributed by atoms with Crippen LogP contribution in [-0.2, 0) is 0 Å². The minimum absolute atomic E-state index is 0.00806. The van der Waals surface area contributed by atoms with Crippen LogP contribution in [-0.4, -0.2) is 39.8 Å². The first-order chi connectivity index (χ1) is 5.74. The van der Waals surface area contributed by atoms with E-state index in [9.17, 15) is 10.0 Å². The number of urea groups is 1. The van der Waals surface area contributed by atoms with Crippen LogP contribution in [0.2, 0.25) is 0 Å². The summed E-state index contributed by atoms with van der Waals surface area (Å²) in [5, 5.41) is 10.1. The van der Waals surface area contributed by atoms with E-state index < -0.39 is 0 Å². The van der Waals surface area contributed by atoms with Crippen molar-refractivity contribution in [2.24, 2.45) is 0 Å². The molecular formula is C8H12N2O2. The zero-order valence-electron chi connectivity index (χ0n) is 6.81. The number of carbonyl (C=O) groups is 1. The molecule has 0 unspecified atom stereocenters. The SMILES string of the molecule is C=C[C@@H]1CC[C@@H]2CN1C(=O)N2O. The first kappa shape index (κ1) is 7.61. The molecule has 0 spiro atoms. The standard InChI is InChI=1S/C8H12N2O2/c1-2-6-3-4-7-5-9(6)8(11)10(7)12/h2,6-7,12H,1,3-5H2/t6-,7-/m1/s1. The Labute approximate surface area is 71.0 Å². The van der Waals surface area contributed by atoms with Crippen LogP contribution >= 0.6 is 0 Å². The van der Waals surface area contributed by atoms with Gasteiger partial charge in [-0.3, -0.25) is 5.21 Å². The van der Waals surface area contributed by atoms with E-state index in [1.54, 1.807) is 11.0 Å². The van der Waals surface area contributed by atoms with E-state index >= 15 is 0 Å². The molecule has 1 N–H and O–H groups in total. The lowest BCUT2D eigenvalue weighted by Gasteiger charge is -2.27. The molecule has 2 fully saturated rings. The molecule has 0 saturated carbocycles. The maximum atomic E-state index is 11.3. The number of fused-ring (bicyclic) bond motifs is 2. The Hall–Kier alpha value is -1.03. The normalized spacial score (nSPS) is 34.2. The predicted octanol–water partition coefficient (Wildman–Crippen LogP) is 0.830. The molecule has 0 aromatic carbocycles. The van der Waals surface area contributed by atoms with Gasteiger partial charge in [0.05, 0.1) is 12.1 Å². The second-order valence-corrected chi connectivity index (χ2v) is 3.31. The lowest BCUT2D eigenvalue weighted by atomic mass is 10.0. The van der Waals surface area contributed by atoms with Gasteiger partial charge in [-0.25, -0.2) is 9.86 Å². The highest BCUT2D eigenvalue weighted by Crippen LogP contribution is 2.28. The van der Waals surface area contributed by atoms with Crippen molar-refractivity contribution in [1.29, 1.82) is 0 Å². The van der Waals surface area contributed by atoms with Gasteiger partial charge in [0.1, 0.15) is 0 Å². The summed E-state index contributed by atoms with van der Waals surface area (Å²) in [4.78, 5) is 13.0. The fraction of sp³-hybridized carbons (Fsp3) is 0.625. The Morgan fingerprint density at radius 2 is 2.33 bits per heavy atom. The first-order valence-corrected chi connectivity index (χ1v) is 4.15. The number of nitrogens with zero attached hydrogens (tertiary/aromatic N) is 2. The molecule has 4 heteroatoms. The van der Waals surface area contributed by atoms with Gasteiger partial charge < -0.3 is 4.90 Å². The van der Waals surface area contributed by atoms with Crippen molar-refractivity contribution in [2.75, 3.05) is 6.54 Å². The lowest BCUT2D eigenvalue weighted by molar-refractivity contribution is -0.0583. The third-order valence-electron chi connectivity index (χ3n) is 2.66. The van der Waals surface area contributed by atoms with Crippen LogP contribution in [0.15, 0.2) is 12.7 Å². The summed E-state index contributed by atoms with van der Waals surface area (Å²) in [5.41, 5.74) is 0. The maximum absolute atomic E-state index is 11.3. The van der Waals surface area contributed by atoms with Gasteiger partial charge in [-0.05, 0) is 12.8 Å². The Morgan fingerprint density at radius 3 is 3.00 bits per heavy atom. The van der Waals surface area contributed by atoms with Gasteiger partial charge in [-0.1, -0.05) is 6.08 Å². The topological polar surface area (TPSA) is 43.8 Å². The summed E-state index contributed by atoms with van der Waals surface area (Å²) < 4.78 is 0. The third kappa shape index (κ3) is 0.845. The van der Waals surface area contributed by atoms with Crippen LogP contribution < -0.4 is 0 Å². The molecule has 2 rings (SSSR count). The van der Waals surface area contributed by atoms with Crippen molar-refractivity contribution in [3.8, 4) is 0 Å². The minimum Gasteiger partial charge on any atom is -0.314 e. The molecule has 0 radical (unpaired) electrons. The van der Waals surface area contributed by atoms with E-state index in [0.717, 1.165) is 17.9 Å². The predicted molar refractivity (Wildman–Crippen MR) is 42.7 cm³/mol. The summed E-state index contributed by atoms with van der Waals surface area (Å²) in [5.74, 6) is 0. The highest BCUT2D eigenvalue weighted by atomic mass is 16.5. The van der Waals surface area contributed by atoms with E-state index in [-0.39, 0.29) is 18.1 Å². The van der Waals surface area contributed by atoms with Gasteiger partial charge >= 0.3 is 6.03 Å². The summed E-state index contributed by atoms with van der Waals surface area (Å²) in [6.45, 7) is 4.31. The van der Waals surface area contributed by atoms with Crippen molar-refractivity contribution in [3.63, 3.8) is 0 Å². The van der Waals surface area contributed by atoms with Crippen LogP contribution in [0.1, 0.15) is 12.8 Å². The van der Waals surface area contributed by atoms with Gasteiger partial charge in [-0.15, -0.1) is 6.58 Å². The van der Waals surface area contributed by atoms with E-state index in [2.05, 4.69) is 6.58 Å². The summed E-state index contributed by atoms with van der Waals surface area (Å²) in [7, 11) is 0. The highest BCUT2D eigenvalue weighted by Gasteiger charge is 2.43. The molecule has 2 bridgehead atoms. The third-order valence-corrected chi connectivity index (χ3v) is 2.66. The smallest absolute Gasteiger partial charge is 0.314 e. The maximum Gasteiger partial charge on any atom is 0.344 e. The molecule has 0 aliphatic carbocycles. The number of hydrogen-bond acceptors (Lipinski definition) is 2. The molecule has 0 aromatic heterocycles. The molecular weight excluding hydrogens is 156 g/mol. The average molecular weight is 168 g/mol. The van der Waals surface area contributed by atoms with Gasteiger partial charge in [0.2, 0.25) is 0 Å². The molecule has 12 heavy (non-hydrogen) atoms. The monoisotopic (exact) mass is 168 g/mol. The molecule has 2 aliphatic heterocycles. The quantitative estimate of drug-likeness (QED) is 0.465. The zero-order valence-corrected chi connectivity index (χ0v) is 6.81. The highest BCUT2D eigenvalue weighted by molar-refractivity contribution is 5.76. The number of rotatable bonds is 1. The second kappa shape index (κ2) is 2.48. The van der Waals surface area contributed by atoms with Crippen LogP contribution in [0.25, 0.3) is 0 Å². The molecule has 66 valence electrons. The summed E-state index contributed by atoms with van der Waals surface area (Å²) >= 11 is 0. The molecule has 4 nitrogen and oxygen atoms in total. The lowest BCUT2D eigenvalue weighted by Crippen LogP contribution is -2.38. The van der Waals surface area contributed by atoms with Gasteiger partial charge in [-0.2, -0.15) is 0 Å². The van der Waals surface area contributed by atoms with Gasteiger partial charge in [0.15, 0.2) is 0 Å². The molecule has 0 aromatic rings. The Kier molecular flexibility index (Phi) is 1.58. The van der Waals surface area contributed by atoms with Crippen molar-refractivity contribution in [3.05, 3.63) is 12.7 Å². The summed E-state index contributed by atoms with van der Waals surface area (Å²) in [6.07, 6.45) is 3.56. The molecule has 2 amide bonds. The van der Waals surface area contributed by atoms with Crippen molar-refractivity contribution >= 4 is 6.03 Å². The molecule has 2 atom stereocenters. The largest absolute Gasteiger partial charge is 0.344 e. The number of carbonyl (C=O) groups excluding carboxylic acids is 1. The van der Waals surface area contributed by atoms with Crippen LogP contribution in [0.5, 0.6) is 0 Å². The average Bonchev–Trinajstić information content (AvgIpc) is 2.33. The minimum atomic E-state index is -0.276. The molecule has 2 saturated heterocycles. The van der Waals surface area contributed by atoms with Crippen molar-refractivity contribution < 1.29 is 10.0 Å². The van der Waals surface area contributed by atoms with Crippen LogP contribution in [0, 0.1) is 0 Å². The van der Waals surface area contributed by atoms with Crippen LogP contribution in [0.4, 0.5) is 4.79 Å². The van der Waals surface area contributed by atoms with Gasteiger partial charge in [0, 0.05) is 6.54 Å². The fourth-order valence-electron chi connectivity index (χ4n) is 1.93. The van der Waals surface area contributed by atoms with E-state index in [1.807, 2.05) is 0 Å². The second-order valence-electron chi connectivity index (χ2n) is 3.31. The zero-order chi connectivity index (χ0) is 8.72. The number of amides is 2. The number of hydroxylamine groups is 2.